The minimum Gasteiger partial charge on any atom is -0.477 e. The second-order valence-corrected chi connectivity index (χ2v) is 6.73. The number of carbonyl (C=O) groups is 3. The molecule has 0 spiro atoms. The fourth-order valence-electron chi connectivity index (χ4n) is 2.83. The number of hydrogen-bond acceptors (Lipinski definition) is 5. The average Bonchev–Trinajstić information content (AvgIpc) is 2.63. The molecule has 2 heterocycles. The smallest absolute Gasteiger partial charge is 0.352 e. The van der Waals surface area contributed by atoms with Gasteiger partial charge in [-0.2, -0.15) is 0 Å². The normalized spacial score (nSPS) is 22.3. The molecule has 2 aliphatic rings. The van der Waals surface area contributed by atoms with Crippen molar-refractivity contribution < 1.29 is 24.2 Å². The molecule has 132 valence electrons. The lowest BCUT2D eigenvalue weighted by molar-refractivity contribution is -0.148. The molecule has 0 aromatic heterocycles. The number of carboxylic acids is 1. The zero-order valence-electron chi connectivity index (χ0n) is 13.6. The van der Waals surface area contributed by atoms with Gasteiger partial charge in [0.15, 0.2) is 0 Å². The third-order valence-electron chi connectivity index (χ3n) is 4.05. The van der Waals surface area contributed by atoms with Crippen LogP contribution in [0.5, 0.6) is 0 Å². The van der Waals surface area contributed by atoms with Crippen molar-refractivity contribution in [3.05, 3.63) is 47.2 Å². The molecule has 2 N–H and O–H groups in total. The van der Waals surface area contributed by atoms with E-state index in [2.05, 4.69) is 5.32 Å². The maximum Gasteiger partial charge on any atom is 0.352 e. The number of rotatable bonds is 6. The molecule has 7 nitrogen and oxygen atoms in total. The number of hydrogen-bond donors (Lipinski definition) is 2. The van der Waals surface area contributed by atoms with Crippen molar-refractivity contribution in [3.8, 4) is 0 Å². The standard InChI is InChI=1S/C17H18N2O5S/c1-2-24-8-11-9-25-16-12(15(21)19(16)13(11)17(22)23)18-14(20)10-6-4-3-5-7-10/h3-7,12,16H,2,8-9H2,1H3,(H,18,20)(H,22,23)/t12-,16-/m1/s1. The van der Waals surface area contributed by atoms with Crippen molar-refractivity contribution in [2.24, 2.45) is 0 Å². The van der Waals surface area contributed by atoms with E-state index in [9.17, 15) is 19.5 Å². The fourth-order valence-corrected chi connectivity index (χ4v) is 4.16. The van der Waals surface area contributed by atoms with E-state index in [1.165, 1.54) is 16.7 Å². The summed E-state index contributed by atoms with van der Waals surface area (Å²) in [5.74, 6) is -1.46. The van der Waals surface area contributed by atoms with E-state index in [-0.39, 0.29) is 18.2 Å². The Morgan fingerprint density at radius 2 is 2.08 bits per heavy atom. The number of amides is 2. The largest absolute Gasteiger partial charge is 0.477 e. The van der Waals surface area contributed by atoms with Crippen LogP contribution in [0.3, 0.4) is 0 Å². The first-order chi connectivity index (χ1) is 12.0. The van der Waals surface area contributed by atoms with Crippen molar-refractivity contribution in [1.29, 1.82) is 0 Å². The number of nitrogens with one attached hydrogen (secondary N) is 1. The van der Waals surface area contributed by atoms with Crippen LogP contribution in [0.2, 0.25) is 0 Å². The minimum absolute atomic E-state index is 0.0209. The number of β-lactam (4-membered cyclic amide) rings is 1. The van der Waals surface area contributed by atoms with E-state index in [0.29, 0.717) is 23.5 Å². The van der Waals surface area contributed by atoms with Crippen molar-refractivity contribution >= 4 is 29.5 Å². The van der Waals surface area contributed by atoms with Crippen LogP contribution in [-0.2, 0) is 14.3 Å². The molecule has 0 bridgehead atoms. The van der Waals surface area contributed by atoms with Crippen LogP contribution < -0.4 is 5.32 Å². The Balaban J connectivity index is 1.75. The van der Waals surface area contributed by atoms with Gasteiger partial charge >= 0.3 is 5.97 Å². The van der Waals surface area contributed by atoms with Gasteiger partial charge in [0.1, 0.15) is 17.1 Å². The molecular weight excluding hydrogens is 344 g/mol. The predicted octanol–water partition coefficient (Wildman–Crippen LogP) is 1.08. The van der Waals surface area contributed by atoms with Crippen molar-refractivity contribution in [2.45, 2.75) is 18.3 Å². The Labute approximate surface area is 149 Å². The summed E-state index contributed by atoms with van der Waals surface area (Å²) < 4.78 is 5.30. The van der Waals surface area contributed by atoms with Crippen molar-refractivity contribution in [2.75, 3.05) is 19.0 Å². The first kappa shape index (κ1) is 17.5. The van der Waals surface area contributed by atoms with E-state index in [4.69, 9.17) is 4.74 Å². The van der Waals surface area contributed by atoms with Crippen LogP contribution >= 0.6 is 11.8 Å². The summed E-state index contributed by atoms with van der Waals surface area (Å²) in [6.45, 7) is 2.47. The minimum atomic E-state index is -1.15. The molecule has 1 saturated heterocycles. The molecule has 1 aromatic rings. The quantitative estimate of drug-likeness (QED) is 0.735. The van der Waals surface area contributed by atoms with Gasteiger partial charge in [0, 0.05) is 17.9 Å². The molecule has 0 saturated carbocycles. The molecule has 0 radical (unpaired) electrons. The number of carbonyl (C=O) groups excluding carboxylic acids is 2. The number of aliphatic carboxylic acids is 1. The Morgan fingerprint density at radius 1 is 1.36 bits per heavy atom. The zero-order chi connectivity index (χ0) is 18.0. The highest BCUT2D eigenvalue weighted by Gasteiger charge is 2.54. The second-order valence-electron chi connectivity index (χ2n) is 5.62. The number of benzene rings is 1. The fraction of sp³-hybridized carbons (Fsp3) is 0.353. The Morgan fingerprint density at radius 3 is 2.72 bits per heavy atom. The first-order valence-corrected chi connectivity index (χ1v) is 8.93. The highest BCUT2D eigenvalue weighted by Crippen LogP contribution is 2.40. The molecule has 3 rings (SSSR count). The lowest BCUT2D eigenvalue weighted by Gasteiger charge is -2.49. The van der Waals surface area contributed by atoms with Gasteiger partial charge in [-0.3, -0.25) is 14.5 Å². The Hall–Kier alpha value is -2.32. The van der Waals surface area contributed by atoms with E-state index >= 15 is 0 Å². The summed E-state index contributed by atoms with van der Waals surface area (Å²) in [4.78, 5) is 37.6. The number of nitrogens with zero attached hydrogens (tertiary/aromatic N) is 1. The lowest BCUT2D eigenvalue weighted by Crippen LogP contribution is -2.70. The Kier molecular flexibility index (Phi) is 5.10. The number of carboxylic acid groups (broad SMARTS) is 1. The maximum absolute atomic E-state index is 12.5. The van der Waals surface area contributed by atoms with E-state index in [1.807, 2.05) is 6.92 Å². The number of thioether (sulfide) groups is 1. The van der Waals surface area contributed by atoms with Gasteiger partial charge in [-0.1, -0.05) is 18.2 Å². The van der Waals surface area contributed by atoms with Crippen molar-refractivity contribution in [3.63, 3.8) is 0 Å². The molecule has 2 amide bonds. The van der Waals surface area contributed by atoms with Crippen LogP contribution in [0.15, 0.2) is 41.6 Å². The molecule has 2 aliphatic heterocycles. The number of fused-ring (bicyclic) bond motifs is 1. The van der Waals surface area contributed by atoms with Gasteiger partial charge < -0.3 is 15.2 Å². The van der Waals surface area contributed by atoms with Crippen molar-refractivity contribution in [1.82, 2.24) is 10.2 Å². The topological polar surface area (TPSA) is 95.9 Å². The van der Waals surface area contributed by atoms with Gasteiger partial charge in [-0.15, -0.1) is 11.8 Å². The molecule has 8 heteroatoms. The molecular formula is C17H18N2O5S. The lowest BCUT2D eigenvalue weighted by atomic mass is 10.0. The molecule has 1 aromatic carbocycles. The van der Waals surface area contributed by atoms with Crippen LogP contribution in [0.4, 0.5) is 0 Å². The zero-order valence-corrected chi connectivity index (χ0v) is 14.4. The summed E-state index contributed by atoms with van der Waals surface area (Å²) >= 11 is 1.43. The summed E-state index contributed by atoms with van der Waals surface area (Å²) in [5.41, 5.74) is 1.02. The summed E-state index contributed by atoms with van der Waals surface area (Å²) in [6, 6.07) is 7.88. The van der Waals surface area contributed by atoms with Gasteiger partial charge in [0.25, 0.3) is 11.8 Å². The summed E-state index contributed by atoms with van der Waals surface area (Å²) in [7, 11) is 0. The molecule has 25 heavy (non-hydrogen) atoms. The highest BCUT2D eigenvalue weighted by atomic mass is 32.2. The highest BCUT2D eigenvalue weighted by molar-refractivity contribution is 8.00. The molecule has 1 fully saturated rings. The van der Waals surface area contributed by atoms with Gasteiger partial charge in [-0.05, 0) is 24.6 Å². The van der Waals surface area contributed by atoms with Gasteiger partial charge in [0.05, 0.1) is 6.61 Å². The molecule has 0 unspecified atom stereocenters. The monoisotopic (exact) mass is 362 g/mol. The van der Waals surface area contributed by atoms with Crippen LogP contribution in [0.1, 0.15) is 17.3 Å². The summed E-state index contributed by atoms with van der Waals surface area (Å²) in [6.07, 6.45) is 0. The third-order valence-corrected chi connectivity index (χ3v) is 5.39. The molecule has 0 aliphatic carbocycles. The first-order valence-electron chi connectivity index (χ1n) is 7.88. The third kappa shape index (κ3) is 3.27. The van der Waals surface area contributed by atoms with Crippen LogP contribution in [-0.4, -0.2) is 58.2 Å². The predicted molar refractivity (Wildman–Crippen MR) is 91.9 cm³/mol. The van der Waals surface area contributed by atoms with Gasteiger partial charge in [0.2, 0.25) is 0 Å². The van der Waals surface area contributed by atoms with E-state index in [1.54, 1.807) is 30.3 Å². The SMILES string of the molecule is CCOCC1=C(C(=O)O)N2C(=O)[C@@H](NC(=O)c3ccccc3)[C@H]2SC1. The van der Waals surface area contributed by atoms with Crippen LogP contribution in [0.25, 0.3) is 0 Å². The van der Waals surface area contributed by atoms with E-state index < -0.39 is 23.3 Å². The van der Waals surface area contributed by atoms with Crippen LogP contribution in [0, 0.1) is 0 Å². The molecule has 2 atom stereocenters. The summed E-state index contributed by atoms with van der Waals surface area (Å²) in [5, 5.41) is 11.8. The average molecular weight is 362 g/mol. The number of ether oxygens (including phenoxy) is 1. The maximum atomic E-state index is 12.5. The Bertz CT molecular complexity index is 734. The van der Waals surface area contributed by atoms with E-state index in [0.717, 1.165) is 0 Å². The second kappa shape index (κ2) is 7.28. The van der Waals surface area contributed by atoms with Gasteiger partial charge in [-0.25, -0.2) is 4.79 Å².